The van der Waals surface area contributed by atoms with E-state index >= 15 is 0 Å². The Hall–Kier alpha value is -3.68. The van der Waals surface area contributed by atoms with Crippen molar-refractivity contribution in [3.05, 3.63) is 71.8 Å². The standard InChI is InChI=1S/C25H28O8/c26-22(30-17-20-9-3-1-4-10-20)13-7-15-24(28)32-19-33-25(29)16-8-14-23(27)31-18-21-11-5-2-6-12-21/h1-6,9-12H,7-8,13-19H2. The van der Waals surface area contributed by atoms with Gasteiger partial charge in [0.05, 0.1) is 0 Å². The summed E-state index contributed by atoms with van der Waals surface area (Å²) in [4.78, 5) is 46.7. The summed E-state index contributed by atoms with van der Waals surface area (Å²) in [5, 5.41) is 0. The molecule has 0 aromatic heterocycles. The molecule has 0 saturated heterocycles. The summed E-state index contributed by atoms with van der Waals surface area (Å²) in [6.45, 7) is -0.135. The summed E-state index contributed by atoms with van der Waals surface area (Å²) < 4.78 is 19.9. The fourth-order valence-corrected chi connectivity index (χ4v) is 2.68. The third kappa shape index (κ3) is 12.1. The fourth-order valence-electron chi connectivity index (χ4n) is 2.68. The molecule has 0 fully saturated rings. The van der Waals surface area contributed by atoms with E-state index in [4.69, 9.17) is 18.9 Å². The summed E-state index contributed by atoms with van der Waals surface area (Å²) in [5.74, 6) is -1.97. The number of carbonyl (C=O) groups is 4. The van der Waals surface area contributed by atoms with Gasteiger partial charge in [-0.3, -0.25) is 19.2 Å². The lowest BCUT2D eigenvalue weighted by Gasteiger charge is -2.07. The van der Waals surface area contributed by atoms with Crippen LogP contribution in [0.15, 0.2) is 60.7 Å². The first-order chi connectivity index (χ1) is 16.0. The molecule has 0 bridgehead atoms. The second kappa shape index (κ2) is 15.2. The van der Waals surface area contributed by atoms with Crippen LogP contribution in [0.4, 0.5) is 0 Å². The molecule has 0 radical (unpaired) electrons. The van der Waals surface area contributed by atoms with Crippen LogP contribution in [0.2, 0.25) is 0 Å². The van der Waals surface area contributed by atoms with Crippen molar-refractivity contribution in [2.75, 3.05) is 6.79 Å². The molecule has 0 aliphatic carbocycles. The second-order valence-electron chi connectivity index (χ2n) is 7.15. The molecule has 0 saturated carbocycles. The predicted molar refractivity (Wildman–Crippen MR) is 117 cm³/mol. The Morgan fingerprint density at radius 3 is 1.18 bits per heavy atom. The van der Waals surface area contributed by atoms with Crippen LogP contribution < -0.4 is 0 Å². The number of ether oxygens (including phenoxy) is 4. The molecule has 0 spiro atoms. The molecule has 0 amide bonds. The number of benzene rings is 2. The Kier molecular flexibility index (Phi) is 11.8. The van der Waals surface area contributed by atoms with Crippen molar-refractivity contribution in [3.63, 3.8) is 0 Å². The molecule has 8 nitrogen and oxygen atoms in total. The molecule has 0 aliphatic heterocycles. The Bertz CT molecular complexity index is 806. The van der Waals surface area contributed by atoms with Crippen LogP contribution in [0.5, 0.6) is 0 Å². The zero-order valence-electron chi connectivity index (χ0n) is 18.4. The van der Waals surface area contributed by atoms with Crippen LogP contribution in [0.25, 0.3) is 0 Å². The number of carbonyl (C=O) groups excluding carboxylic acids is 4. The summed E-state index contributed by atoms with van der Waals surface area (Å²) >= 11 is 0. The van der Waals surface area contributed by atoms with E-state index in [1.54, 1.807) is 0 Å². The molecule has 0 aliphatic rings. The highest BCUT2D eigenvalue weighted by Crippen LogP contribution is 2.06. The van der Waals surface area contributed by atoms with E-state index in [0.717, 1.165) is 11.1 Å². The Labute approximate surface area is 192 Å². The summed E-state index contributed by atoms with van der Waals surface area (Å²) in [6, 6.07) is 18.6. The van der Waals surface area contributed by atoms with Crippen molar-refractivity contribution in [3.8, 4) is 0 Å². The van der Waals surface area contributed by atoms with E-state index in [1.165, 1.54) is 0 Å². The van der Waals surface area contributed by atoms with Gasteiger partial charge in [0.2, 0.25) is 6.79 Å². The lowest BCUT2D eigenvalue weighted by atomic mass is 10.2. The molecule has 0 heterocycles. The molecule has 2 aromatic carbocycles. The topological polar surface area (TPSA) is 105 Å². The third-order valence-corrected chi connectivity index (χ3v) is 4.45. The Morgan fingerprint density at radius 2 is 0.818 bits per heavy atom. The monoisotopic (exact) mass is 456 g/mol. The van der Waals surface area contributed by atoms with Crippen molar-refractivity contribution in [1.82, 2.24) is 0 Å². The van der Waals surface area contributed by atoms with Gasteiger partial charge in [-0.15, -0.1) is 0 Å². The van der Waals surface area contributed by atoms with E-state index in [0.29, 0.717) is 0 Å². The quantitative estimate of drug-likeness (QED) is 0.240. The van der Waals surface area contributed by atoms with Crippen molar-refractivity contribution >= 4 is 23.9 Å². The third-order valence-electron chi connectivity index (χ3n) is 4.45. The van der Waals surface area contributed by atoms with Crippen molar-refractivity contribution in [1.29, 1.82) is 0 Å². The fraction of sp³-hybridized carbons (Fsp3) is 0.360. The van der Waals surface area contributed by atoms with Crippen LogP contribution in [0.1, 0.15) is 49.7 Å². The summed E-state index contributed by atoms with van der Waals surface area (Å²) in [6.07, 6.45) is 0.720. The number of hydrogen-bond donors (Lipinski definition) is 0. The van der Waals surface area contributed by atoms with Gasteiger partial charge in [0.1, 0.15) is 13.2 Å². The highest BCUT2D eigenvalue weighted by atomic mass is 16.7. The van der Waals surface area contributed by atoms with Crippen molar-refractivity contribution < 1.29 is 38.1 Å². The van der Waals surface area contributed by atoms with Crippen LogP contribution in [-0.2, 0) is 51.3 Å². The molecule has 2 aromatic rings. The van der Waals surface area contributed by atoms with E-state index in [9.17, 15) is 19.2 Å². The van der Waals surface area contributed by atoms with Gasteiger partial charge in [0, 0.05) is 25.7 Å². The van der Waals surface area contributed by atoms with Gasteiger partial charge >= 0.3 is 23.9 Å². The zero-order chi connectivity index (χ0) is 23.7. The first kappa shape index (κ1) is 25.6. The first-order valence-corrected chi connectivity index (χ1v) is 10.7. The van der Waals surface area contributed by atoms with Crippen LogP contribution >= 0.6 is 0 Å². The highest BCUT2D eigenvalue weighted by molar-refractivity contribution is 5.73. The van der Waals surface area contributed by atoms with E-state index in [2.05, 4.69) is 0 Å². The maximum atomic E-state index is 11.7. The van der Waals surface area contributed by atoms with Gasteiger partial charge in [0.15, 0.2) is 0 Å². The smallest absolute Gasteiger partial charge is 0.308 e. The SMILES string of the molecule is O=C(CCCC(=O)OCc1ccccc1)OCOC(=O)CCCC(=O)OCc1ccccc1. The molecular weight excluding hydrogens is 428 g/mol. The predicted octanol–water partition coefficient (Wildman–Crippen LogP) is 3.86. The van der Waals surface area contributed by atoms with Gasteiger partial charge in [-0.2, -0.15) is 0 Å². The molecule has 33 heavy (non-hydrogen) atoms. The highest BCUT2D eigenvalue weighted by Gasteiger charge is 2.10. The average molecular weight is 456 g/mol. The number of esters is 4. The minimum atomic E-state index is -0.580. The minimum Gasteiger partial charge on any atom is -0.461 e. The van der Waals surface area contributed by atoms with E-state index in [1.807, 2.05) is 60.7 Å². The van der Waals surface area contributed by atoms with Gasteiger partial charge in [-0.1, -0.05) is 60.7 Å². The van der Waals surface area contributed by atoms with Crippen LogP contribution in [0, 0.1) is 0 Å². The lowest BCUT2D eigenvalue weighted by Crippen LogP contribution is -2.13. The average Bonchev–Trinajstić information content (AvgIpc) is 2.83. The molecule has 0 unspecified atom stereocenters. The van der Waals surface area contributed by atoms with Gasteiger partial charge < -0.3 is 18.9 Å². The van der Waals surface area contributed by atoms with E-state index in [-0.39, 0.29) is 51.7 Å². The van der Waals surface area contributed by atoms with Gasteiger partial charge in [0.25, 0.3) is 0 Å². The summed E-state index contributed by atoms with van der Waals surface area (Å²) in [7, 11) is 0. The molecule has 0 N–H and O–H groups in total. The second-order valence-corrected chi connectivity index (χ2v) is 7.15. The minimum absolute atomic E-state index is 0.00520. The Balaban J connectivity index is 1.44. The van der Waals surface area contributed by atoms with Gasteiger partial charge in [-0.25, -0.2) is 0 Å². The summed E-state index contributed by atoms with van der Waals surface area (Å²) in [5.41, 5.74) is 1.77. The largest absolute Gasteiger partial charge is 0.461 e. The van der Waals surface area contributed by atoms with Crippen molar-refractivity contribution in [2.45, 2.75) is 51.7 Å². The first-order valence-electron chi connectivity index (χ1n) is 10.7. The number of rotatable bonds is 14. The molecule has 176 valence electrons. The molecule has 0 atom stereocenters. The Morgan fingerprint density at radius 1 is 0.485 bits per heavy atom. The number of hydrogen-bond acceptors (Lipinski definition) is 8. The molecular formula is C25H28O8. The zero-order valence-corrected chi connectivity index (χ0v) is 18.4. The van der Waals surface area contributed by atoms with E-state index < -0.39 is 30.7 Å². The maximum absolute atomic E-state index is 11.7. The maximum Gasteiger partial charge on any atom is 0.308 e. The molecule has 8 heteroatoms. The van der Waals surface area contributed by atoms with Crippen LogP contribution in [0.3, 0.4) is 0 Å². The van der Waals surface area contributed by atoms with Crippen LogP contribution in [-0.4, -0.2) is 30.7 Å². The normalized spacial score (nSPS) is 10.2. The van der Waals surface area contributed by atoms with Gasteiger partial charge in [-0.05, 0) is 24.0 Å². The van der Waals surface area contributed by atoms with Crippen molar-refractivity contribution in [2.24, 2.45) is 0 Å². The lowest BCUT2D eigenvalue weighted by molar-refractivity contribution is -0.167. The molecule has 2 rings (SSSR count).